The number of Topliss-reactive ketones (excluding diaryl/α,β-unsaturated/α-hetero) is 1. The maximum atomic E-state index is 11.5. The minimum absolute atomic E-state index is 0.171. The van der Waals surface area contributed by atoms with Crippen LogP contribution in [0.4, 0.5) is 10.5 Å². The first-order valence-corrected chi connectivity index (χ1v) is 5.76. The number of carbonyl (C=O) groups excluding carboxylic acids is 2. The molecule has 4 heteroatoms. The molecular formula is C13H15NO3. The molecule has 0 N–H and O–H groups in total. The average molecular weight is 233 g/mol. The van der Waals surface area contributed by atoms with Gasteiger partial charge in [0.15, 0.2) is 0 Å². The van der Waals surface area contributed by atoms with Crippen molar-refractivity contribution in [1.82, 2.24) is 0 Å². The zero-order valence-electron chi connectivity index (χ0n) is 9.81. The van der Waals surface area contributed by atoms with Gasteiger partial charge in [0.1, 0.15) is 12.4 Å². The largest absolute Gasteiger partial charge is 0.447 e. The third-order valence-electron chi connectivity index (χ3n) is 2.83. The van der Waals surface area contributed by atoms with Crippen molar-refractivity contribution in [2.45, 2.75) is 19.8 Å². The second-order valence-corrected chi connectivity index (χ2v) is 3.96. The number of ether oxygens (including phenoxy) is 1. The number of carbonyl (C=O) groups is 2. The SMILES string of the molecule is CCC(=O)Cc1ccccc1N1CCOC1=O. The third-order valence-corrected chi connectivity index (χ3v) is 2.83. The van der Waals surface area contributed by atoms with Crippen LogP contribution >= 0.6 is 0 Å². The van der Waals surface area contributed by atoms with E-state index in [0.717, 1.165) is 11.3 Å². The van der Waals surface area contributed by atoms with Crippen LogP contribution in [0.25, 0.3) is 0 Å². The molecule has 1 aliphatic heterocycles. The van der Waals surface area contributed by atoms with Gasteiger partial charge in [-0.3, -0.25) is 9.69 Å². The zero-order valence-corrected chi connectivity index (χ0v) is 9.81. The maximum absolute atomic E-state index is 11.5. The first-order chi connectivity index (χ1) is 8.22. The Balaban J connectivity index is 2.27. The van der Waals surface area contributed by atoms with Crippen molar-refractivity contribution in [2.75, 3.05) is 18.1 Å². The van der Waals surface area contributed by atoms with Crippen molar-refractivity contribution in [3.05, 3.63) is 29.8 Å². The predicted molar refractivity (Wildman–Crippen MR) is 64.1 cm³/mol. The lowest BCUT2D eigenvalue weighted by atomic mass is 10.0. The molecule has 0 aliphatic carbocycles. The quantitative estimate of drug-likeness (QED) is 0.800. The summed E-state index contributed by atoms with van der Waals surface area (Å²) in [6.45, 7) is 2.81. The number of cyclic esters (lactones) is 1. The molecule has 1 aromatic rings. The van der Waals surface area contributed by atoms with Gasteiger partial charge in [0, 0.05) is 12.8 Å². The highest BCUT2D eigenvalue weighted by atomic mass is 16.6. The fraction of sp³-hybridized carbons (Fsp3) is 0.385. The minimum Gasteiger partial charge on any atom is -0.447 e. The second kappa shape index (κ2) is 4.99. The summed E-state index contributed by atoms with van der Waals surface area (Å²) >= 11 is 0. The fourth-order valence-electron chi connectivity index (χ4n) is 1.87. The summed E-state index contributed by atoms with van der Waals surface area (Å²) in [5.41, 5.74) is 1.68. The number of benzene rings is 1. The molecule has 4 nitrogen and oxygen atoms in total. The molecule has 17 heavy (non-hydrogen) atoms. The Hall–Kier alpha value is -1.84. The molecule has 0 aromatic heterocycles. The monoisotopic (exact) mass is 233 g/mol. The van der Waals surface area contributed by atoms with Gasteiger partial charge >= 0.3 is 6.09 Å². The molecule has 0 unspecified atom stereocenters. The molecule has 0 saturated carbocycles. The Labute approximate surface area is 100 Å². The molecule has 0 bridgehead atoms. The molecule has 1 heterocycles. The summed E-state index contributed by atoms with van der Waals surface area (Å²) in [4.78, 5) is 24.6. The van der Waals surface area contributed by atoms with Gasteiger partial charge in [-0.1, -0.05) is 25.1 Å². The average Bonchev–Trinajstić information content (AvgIpc) is 2.76. The van der Waals surface area contributed by atoms with Crippen molar-refractivity contribution in [2.24, 2.45) is 0 Å². The van der Waals surface area contributed by atoms with Crippen LogP contribution in [0.2, 0.25) is 0 Å². The number of anilines is 1. The molecule has 2 rings (SSSR count). The Morgan fingerprint density at radius 1 is 1.41 bits per heavy atom. The van der Waals surface area contributed by atoms with E-state index in [0.29, 0.717) is 26.0 Å². The molecular weight excluding hydrogens is 218 g/mol. The summed E-state index contributed by atoms with van der Waals surface area (Å²) in [6, 6.07) is 7.48. The van der Waals surface area contributed by atoms with Crippen molar-refractivity contribution < 1.29 is 14.3 Å². The van der Waals surface area contributed by atoms with E-state index in [2.05, 4.69) is 0 Å². The fourth-order valence-corrected chi connectivity index (χ4v) is 1.87. The minimum atomic E-state index is -0.332. The molecule has 1 fully saturated rings. The molecule has 0 atom stereocenters. The van der Waals surface area contributed by atoms with E-state index >= 15 is 0 Å². The Kier molecular flexibility index (Phi) is 3.42. The van der Waals surface area contributed by atoms with E-state index < -0.39 is 0 Å². The van der Waals surface area contributed by atoms with Crippen molar-refractivity contribution >= 4 is 17.6 Å². The highest BCUT2D eigenvalue weighted by molar-refractivity contribution is 5.92. The maximum Gasteiger partial charge on any atom is 0.414 e. The topological polar surface area (TPSA) is 46.6 Å². The number of rotatable bonds is 4. The normalized spacial score (nSPS) is 14.9. The van der Waals surface area contributed by atoms with Gasteiger partial charge in [0.05, 0.1) is 12.2 Å². The summed E-state index contributed by atoms with van der Waals surface area (Å²) < 4.78 is 4.91. The summed E-state index contributed by atoms with van der Waals surface area (Å²) in [7, 11) is 0. The van der Waals surface area contributed by atoms with E-state index in [1.165, 1.54) is 0 Å². The van der Waals surface area contributed by atoms with E-state index in [1.807, 2.05) is 31.2 Å². The predicted octanol–water partition coefficient (Wildman–Crippen LogP) is 2.16. The molecule has 1 saturated heterocycles. The Morgan fingerprint density at radius 2 is 2.18 bits per heavy atom. The number of hydrogen-bond donors (Lipinski definition) is 0. The van der Waals surface area contributed by atoms with Gasteiger partial charge in [-0.25, -0.2) is 4.79 Å². The summed E-state index contributed by atoms with van der Waals surface area (Å²) in [5, 5.41) is 0. The summed E-state index contributed by atoms with van der Waals surface area (Å²) in [5.74, 6) is 0.171. The van der Waals surface area contributed by atoms with Gasteiger partial charge in [0.25, 0.3) is 0 Å². The Bertz CT molecular complexity index is 442. The van der Waals surface area contributed by atoms with Gasteiger partial charge in [-0.05, 0) is 11.6 Å². The van der Waals surface area contributed by atoms with E-state index in [-0.39, 0.29) is 11.9 Å². The highest BCUT2D eigenvalue weighted by Crippen LogP contribution is 2.24. The van der Waals surface area contributed by atoms with E-state index in [9.17, 15) is 9.59 Å². The second-order valence-electron chi connectivity index (χ2n) is 3.96. The van der Waals surface area contributed by atoms with Crippen LogP contribution in [0.3, 0.4) is 0 Å². The molecule has 0 spiro atoms. The van der Waals surface area contributed by atoms with Gasteiger partial charge in [0.2, 0.25) is 0 Å². The molecule has 90 valence electrons. The highest BCUT2D eigenvalue weighted by Gasteiger charge is 2.25. The molecule has 1 aliphatic rings. The number of para-hydroxylation sites is 1. The van der Waals surface area contributed by atoms with E-state index in [4.69, 9.17) is 4.74 Å². The third kappa shape index (κ3) is 2.46. The first kappa shape index (κ1) is 11.6. The van der Waals surface area contributed by atoms with Crippen LogP contribution in [0.15, 0.2) is 24.3 Å². The van der Waals surface area contributed by atoms with Crippen LogP contribution < -0.4 is 4.90 Å². The van der Waals surface area contributed by atoms with Crippen LogP contribution in [0.5, 0.6) is 0 Å². The summed E-state index contributed by atoms with van der Waals surface area (Å²) in [6.07, 6.45) is 0.552. The lowest BCUT2D eigenvalue weighted by Gasteiger charge is -2.16. The molecule has 1 amide bonds. The first-order valence-electron chi connectivity index (χ1n) is 5.76. The van der Waals surface area contributed by atoms with Gasteiger partial charge < -0.3 is 4.74 Å². The number of nitrogens with zero attached hydrogens (tertiary/aromatic N) is 1. The number of amides is 1. The van der Waals surface area contributed by atoms with Crippen LogP contribution in [0, 0.1) is 0 Å². The zero-order chi connectivity index (χ0) is 12.3. The van der Waals surface area contributed by atoms with E-state index in [1.54, 1.807) is 4.90 Å². The number of hydrogen-bond acceptors (Lipinski definition) is 3. The van der Waals surface area contributed by atoms with Crippen molar-refractivity contribution in [3.63, 3.8) is 0 Å². The van der Waals surface area contributed by atoms with Gasteiger partial charge in [-0.2, -0.15) is 0 Å². The lowest BCUT2D eigenvalue weighted by molar-refractivity contribution is -0.118. The molecule has 0 radical (unpaired) electrons. The van der Waals surface area contributed by atoms with Crippen molar-refractivity contribution in [1.29, 1.82) is 0 Å². The van der Waals surface area contributed by atoms with Crippen molar-refractivity contribution in [3.8, 4) is 0 Å². The van der Waals surface area contributed by atoms with Crippen LogP contribution in [-0.2, 0) is 16.0 Å². The van der Waals surface area contributed by atoms with Gasteiger partial charge in [-0.15, -0.1) is 0 Å². The standard InChI is InChI=1S/C13H15NO3/c1-2-11(15)9-10-5-3-4-6-12(10)14-7-8-17-13(14)16/h3-6H,2,7-9H2,1H3. The van der Waals surface area contributed by atoms with Crippen LogP contribution in [-0.4, -0.2) is 25.0 Å². The number of ketones is 1. The molecule has 1 aromatic carbocycles. The van der Waals surface area contributed by atoms with Crippen LogP contribution in [0.1, 0.15) is 18.9 Å². The lowest BCUT2D eigenvalue weighted by Crippen LogP contribution is -2.25. The smallest absolute Gasteiger partial charge is 0.414 e. The Morgan fingerprint density at radius 3 is 2.82 bits per heavy atom.